The molecule has 4 nitrogen and oxygen atoms in total. The number of methoxy groups -OCH3 is 1. The highest BCUT2D eigenvalue weighted by Gasteiger charge is 2.18. The highest BCUT2D eigenvalue weighted by Crippen LogP contribution is 2.35. The maximum Gasteiger partial charge on any atom is 0.263 e. The molecule has 0 bridgehead atoms. The standard InChI is InChI=1S/C17H17ClN2O2S2/c1-10(8-22-3)24-17-19-15-14(16(21)20(17)2)12(9-23-15)11-6-4-5-7-13(11)18/h4-7,9-10H,8H2,1-3H3. The first-order valence-electron chi connectivity index (χ1n) is 7.41. The van der Waals surface area contributed by atoms with Gasteiger partial charge in [-0.3, -0.25) is 9.36 Å². The minimum atomic E-state index is -0.0525. The Bertz CT molecular complexity index is 936. The average Bonchev–Trinajstić information content (AvgIpc) is 2.96. The maximum atomic E-state index is 12.9. The Balaban J connectivity index is 2.13. The number of hydrogen-bond donors (Lipinski definition) is 0. The number of benzene rings is 1. The predicted octanol–water partition coefficient (Wildman–Crippen LogP) is 4.44. The lowest BCUT2D eigenvalue weighted by Crippen LogP contribution is -2.21. The molecule has 0 amide bonds. The summed E-state index contributed by atoms with van der Waals surface area (Å²) < 4.78 is 6.76. The molecule has 1 atom stereocenters. The predicted molar refractivity (Wildman–Crippen MR) is 103 cm³/mol. The van der Waals surface area contributed by atoms with Crippen LogP contribution in [0.2, 0.25) is 5.02 Å². The molecule has 0 saturated carbocycles. The van der Waals surface area contributed by atoms with E-state index in [1.807, 2.05) is 36.6 Å². The second-order valence-electron chi connectivity index (χ2n) is 5.45. The lowest BCUT2D eigenvalue weighted by Gasteiger charge is -2.12. The molecule has 0 spiro atoms. The summed E-state index contributed by atoms with van der Waals surface area (Å²) in [6, 6.07) is 7.55. The van der Waals surface area contributed by atoms with Crippen molar-refractivity contribution in [1.82, 2.24) is 9.55 Å². The lowest BCUT2D eigenvalue weighted by atomic mass is 10.1. The van der Waals surface area contributed by atoms with Crippen LogP contribution in [0.4, 0.5) is 0 Å². The summed E-state index contributed by atoms with van der Waals surface area (Å²) >= 11 is 9.31. The zero-order valence-electron chi connectivity index (χ0n) is 13.6. The van der Waals surface area contributed by atoms with Crippen LogP contribution >= 0.6 is 34.7 Å². The van der Waals surface area contributed by atoms with Crippen molar-refractivity contribution < 1.29 is 4.74 Å². The minimum Gasteiger partial charge on any atom is -0.384 e. The minimum absolute atomic E-state index is 0.0525. The molecule has 0 saturated heterocycles. The average molecular weight is 381 g/mol. The summed E-state index contributed by atoms with van der Waals surface area (Å²) in [6.45, 7) is 2.65. The summed E-state index contributed by atoms with van der Waals surface area (Å²) in [4.78, 5) is 18.3. The van der Waals surface area contributed by atoms with Crippen molar-refractivity contribution in [2.24, 2.45) is 7.05 Å². The summed E-state index contributed by atoms with van der Waals surface area (Å²) in [5, 5.41) is 4.12. The molecule has 0 radical (unpaired) electrons. The van der Waals surface area contributed by atoms with Gasteiger partial charge in [-0.25, -0.2) is 4.98 Å². The van der Waals surface area contributed by atoms with Crippen LogP contribution in [-0.2, 0) is 11.8 Å². The fraction of sp³-hybridized carbons (Fsp3) is 0.294. The molecule has 1 unspecified atom stereocenters. The van der Waals surface area contributed by atoms with Crippen molar-refractivity contribution >= 4 is 44.9 Å². The first kappa shape index (κ1) is 17.5. The van der Waals surface area contributed by atoms with Crippen molar-refractivity contribution in [3.63, 3.8) is 0 Å². The molecule has 0 fully saturated rings. The number of fused-ring (bicyclic) bond motifs is 1. The Hall–Kier alpha value is -1.34. The van der Waals surface area contributed by atoms with Crippen LogP contribution in [-0.4, -0.2) is 28.5 Å². The number of aromatic nitrogens is 2. The zero-order valence-corrected chi connectivity index (χ0v) is 16.0. The van der Waals surface area contributed by atoms with Gasteiger partial charge in [0.1, 0.15) is 4.83 Å². The van der Waals surface area contributed by atoms with E-state index >= 15 is 0 Å². The van der Waals surface area contributed by atoms with Crippen molar-refractivity contribution in [1.29, 1.82) is 0 Å². The molecule has 3 rings (SSSR count). The largest absolute Gasteiger partial charge is 0.384 e. The first-order valence-corrected chi connectivity index (χ1v) is 9.55. The molecule has 3 aromatic rings. The molecule has 0 aliphatic carbocycles. The number of halogens is 1. The summed E-state index contributed by atoms with van der Waals surface area (Å²) in [5.41, 5.74) is 1.65. The summed E-state index contributed by atoms with van der Waals surface area (Å²) in [7, 11) is 3.42. The second-order valence-corrected chi connectivity index (χ2v) is 8.12. The third-order valence-electron chi connectivity index (χ3n) is 3.65. The SMILES string of the molecule is COCC(C)Sc1nc2scc(-c3ccccc3Cl)c2c(=O)n1C. The maximum absolute atomic E-state index is 12.9. The molecule has 7 heteroatoms. The molecule has 2 aromatic heterocycles. The van der Waals surface area contributed by atoms with Crippen LogP contribution < -0.4 is 5.56 Å². The normalized spacial score (nSPS) is 12.7. The van der Waals surface area contributed by atoms with Gasteiger partial charge in [0, 0.05) is 40.9 Å². The van der Waals surface area contributed by atoms with E-state index < -0.39 is 0 Å². The van der Waals surface area contributed by atoms with Crippen molar-refractivity contribution in [2.45, 2.75) is 17.3 Å². The molecule has 24 heavy (non-hydrogen) atoms. The highest BCUT2D eigenvalue weighted by atomic mass is 35.5. The van der Waals surface area contributed by atoms with Gasteiger partial charge in [0.05, 0.1) is 12.0 Å². The van der Waals surface area contributed by atoms with Crippen LogP contribution in [0.3, 0.4) is 0 Å². The van der Waals surface area contributed by atoms with Gasteiger partial charge >= 0.3 is 0 Å². The third-order valence-corrected chi connectivity index (χ3v) is 5.96. The Morgan fingerprint density at radius 2 is 2.12 bits per heavy atom. The van der Waals surface area contributed by atoms with E-state index in [1.165, 1.54) is 23.1 Å². The van der Waals surface area contributed by atoms with Gasteiger partial charge in [-0.1, -0.05) is 48.5 Å². The topological polar surface area (TPSA) is 44.1 Å². The van der Waals surface area contributed by atoms with Crippen LogP contribution in [0.15, 0.2) is 39.6 Å². The quantitative estimate of drug-likeness (QED) is 0.484. The van der Waals surface area contributed by atoms with Crippen LogP contribution in [0.5, 0.6) is 0 Å². The van der Waals surface area contributed by atoms with E-state index in [4.69, 9.17) is 16.3 Å². The van der Waals surface area contributed by atoms with E-state index in [0.29, 0.717) is 22.2 Å². The van der Waals surface area contributed by atoms with Crippen molar-refractivity contribution in [3.05, 3.63) is 45.0 Å². The number of hydrogen-bond acceptors (Lipinski definition) is 5. The molecule has 126 valence electrons. The Kier molecular flexibility index (Phi) is 5.30. The van der Waals surface area contributed by atoms with Gasteiger partial charge < -0.3 is 4.74 Å². The first-order chi connectivity index (χ1) is 11.5. The van der Waals surface area contributed by atoms with Crippen molar-refractivity contribution in [3.8, 4) is 11.1 Å². The zero-order chi connectivity index (χ0) is 17.3. The molecule has 0 N–H and O–H groups in total. The van der Waals surface area contributed by atoms with E-state index in [2.05, 4.69) is 4.98 Å². The number of rotatable bonds is 5. The van der Waals surface area contributed by atoms with Gasteiger partial charge in [0.2, 0.25) is 0 Å². The molecule has 2 heterocycles. The van der Waals surface area contributed by atoms with Gasteiger partial charge in [0.15, 0.2) is 5.16 Å². The van der Waals surface area contributed by atoms with Gasteiger partial charge in [-0.05, 0) is 6.07 Å². The number of nitrogens with zero attached hydrogens (tertiary/aromatic N) is 2. The smallest absolute Gasteiger partial charge is 0.263 e. The molecule has 1 aromatic carbocycles. The van der Waals surface area contributed by atoms with Crippen LogP contribution in [0.25, 0.3) is 21.3 Å². The van der Waals surface area contributed by atoms with E-state index in [-0.39, 0.29) is 10.8 Å². The van der Waals surface area contributed by atoms with Gasteiger partial charge in [-0.15, -0.1) is 11.3 Å². The Labute approximate surface area is 153 Å². The molecular formula is C17H17ClN2O2S2. The summed E-state index contributed by atoms with van der Waals surface area (Å²) in [6.07, 6.45) is 0. The molecular weight excluding hydrogens is 364 g/mol. The molecule has 0 aliphatic rings. The summed E-state index contributed by atoms with van der Waals surface area (Å²) in [5.74, 6) is 0. The molecule has 0 aliphatic heterocycles. The van der Waals surface area contributed by atoms with Gasteiger partial charge in [0.25, 0.3) is 5.56 Å². The fourth-order valence-corrected chi connectivity index (χ4v) is 4.66. The Morgan fingerprint density at radius 3 is 2.83 bits per heavy atom. The second kappa shape index (κ2) is 7.27. The third kappa shape index (κ3) is 3.24. The fourth-order valence-electron chi connectivity index (χ4n) is 2.49. The van der Waals surface area contributed by atoms with Crippen LogP contribution in [0, 0.1) is 0 Å². The van der Waals surface area contributed by atoms with E-state index in [0.717, 1.165) is 16.0 Å². The Morgan fingerprint density at radius 1 is 1.38 bits per heavy atom. The number of thioether (sulfide) groups is 1. The highest BCUT2D eigenvalue weighted by molar-refractivity contribution is 7.99. The van der Waals surface area contributed by atoms with E-state index in [1.54, 1.807) is 18.7 Å². The number of thiophene rings is 1. The monoisotopic (exact) mass is 380 g/mol. The van der Waals surface area contributed by atoms with Crippen LogP contribution in [0.1, 0.15) is 6.92 Å². The lowest BCUT2D eigenvalue weighted by molar-refractivity contribution is 0.203. The van der Waals surface area contributed by atoms with Gasteiger partial charge in [-0.2, -0.15) is 0 Å². The number of ether oxygens (including phenoxy) is 1. The van der Waals surface area contributed by atoms with E-state index in [9.17, 15) is 4.79 Å². The van der Waals surface area contributed by atoms with Crippen molar-refractivity contribution in [2.75, 3.05) is 13.7 Å².